The summed E-state index contributed by atoms with van der Waals surface area (Å²) in [6.07, 6.45) is 5.17. The highest BCUT2D eigenvalue weighted by Crippen LogP contribution is 2.38. The summed E-state index contributed by atoms with van der Waals surface area (Å²) < 4.78 is 5.13. The van der Waals surface area contributed by atoms with Gasteiger partial charge in [-0.05, 0) is 37.8 Å². The van der Waals surface area contributed by atoms with Gasteiger partial charge in [-0.2, -0.15) is 4.98 Å². The summed E-state index contributed by atoms with van der Waals surface area (Å²) in [4.78, 5) is 23.4. The number of hydrogen-bond acceptors (Lipinski definition) is 7. The molecule has 2 aliphatic rings. The number of rotatable bonds is 5. The van der Waals surface area contributed by atoms with Crippen LogP contribution in [0.2, 0.25) is 0 Å². The van der Waals surface area contributed by atoms with Crippen LogP contribution in [0.25, 0.3) is 0 Å². The quantitative estimate of drug-likeness (QED) is 0.828. The third-order valence-corrected chi connectivity index (χ3v) is 5.37. The van der Waals surface area contributed by atoms with Crippen LogP contribution in [0.15, 0.2) is 22.9 Å². The molecule has 0 saturated carbocycles. The molecular formula is C19H25N5O3. The van der Waals surface area contributed by atoms with Crippen LogP contribution in [0.3, 0.4) is 0 Å². The summed E-state index contributed by atoms with van der Waals surface area (Å²) in [6.45, 7) is 4.15. The molecule has 2 bridgehead atoms. The van der Waals surface area contributed by atoms with Gasteiger partial charge in [0, 0.05) is 24.2 Å². The third kappa shape index (κ3) is 3.66. The Morgan fingerprint density at radius 2 is 2.07 bits per heavy atom. The topological polar surface area (TPSA) is 104 Å². The number of nitrogens with zero attached hydrogens (tertiary/aromatic N) is 4. The molecule has 2 saturated heterocycles. The van der Waals surface area contributed by atoms with E-state index in [2.05, 4.69) is 25.3 Å². The summed E-state index contributed by atoms with van der Waals surface area (Å²) >= 11 is 0. The summed E-state index contributed by atoms with van der Waals surface area (Å²) in [5.74, 6) is 1.84. The van der Waals surface area contributed by atoms with Crippen LogP contribution in [-0.2, 0) is 6.54 Å². The molecule has 2 N–H and O–H groups in total. The number of carbonyl (C=O) groups is 1. The van der Waals surface area contributed by atoms with E-state index in [4.69, 9.17) is 4.52 Å². The number of carbonyl (C=O) groups excluding carboxylic acids is 1. The first-order valence-corrected chi connectivity index (χ1v) is 9.54. The van der Waals surface area contributed by atoms with E-state index in [0.29, 0.717) is 29.4 Å². The van der Waals surface area contributed by atoms with Gasteiger partial charge in [0.25, 0.3) is 5.91 Å². The minimum atomic E-state index is -0.220. The molecule has 1 unspecified atom stereocenters. The monoisotopic (exact) mass is 371 g/mol. The average molecular weight is 371 g/mol. The van der Waals surface area contributed by atoms with Crippen molar-refractivity contribution in [3.05, 3.63) is 35.6 Å². The smallest absolute Gasteiger partial charge is 0.253 e. The molecule has 2 aliphatic heterocycles. The van der Waals surface area contributed by atoms with E-state index in [1.165, 1.54) is 0 Å². The second-order valence-corrected chi connectivity index (χ2v) is 7.71. The van der Waals surface area contributed by atoms with Crippen LogP contribution in [0.1, 0.15) is 67.5 Å². The van der Waals surface area contributed by atoms with E-state index in [0.717, 1.165) is 31.5 Å². The van der Waals surface area contributed by atoms with E-state index >= 15 is 0 Å². The van der Waals surface area contributed by atoms with E-state index < -0.39 is 0 Å². The van der Waals surface area contributed by atoms with Crippen molar-refractivity contribution in [1.29, 1.82) is 0 Å². The Balaban J connectivity index is 1.38. The van der Waals surface area contributed by atoms with Crippen LogP contribution in [0, 0.1) is 0 Å². The lowest BCUT2D eigenvalue weighted by atomic mass is 10.00. The highest BCUT2D eigenvalue weighted by atomic mass is 16.5. The molecule has 0 aromatic carbocycles. The Hall–Kier alpha value is -2.48. The number of piperidine rings is 1. The fourth-order valence-corrected chi connectivity index (χ4v) is 4.03. The number of nitrogens with one attached hydrogen (secondary N) is 1. The molecule has 144 valence electrons. The minimum Gasteiger partial charge on any atom is -0.393 e. The SMILES string of the molecule is CC(C)c1nc(CNC(=O)c2ccc(N3[C@@H]4CC[C@H]3CC(O)C4)nc2)no1. The number of aromatic nitrogens is 3. The van der Waals surface area contributed by atoms with Gasteiger partial charge in [-0.1, -0.05) is 19.0 Å². The number of amides is 1. The van der Waals surface area contributed by atoms with Gasteiger partial charge in [0.2, 0.25) is 5.89 Å². The van der Waals surface area contributed by atoms with Crippen LogP contribution in [0.4, 0.5) is 5.82 Å². The fraction of sp³-hybridized carbons (Fsp3) is 0.579. The molecule has 1 amide bonds. The third-order valence-electron chi connectivity index (χ3n) is 5.37. The molecule has 2 aromatic heterocycles. The number of fused-ring (bicyclic) bond motifs is 2. The zero-order chi connectivity index (χ0) is 19.0. The Kier molecular flexibility index (Phi) is 4.82. The van der Waals surface area contributed by atoms with E-state index in [1.54, 1.807) is 12.3 Å². The van der Waals surface area contributed by atoms with Crippen molar-refractivity contribution < 1.29 is 14.4 Å². The molecule has 0 aliphatic carbocycles. The maximum Gasteiger partial charge on any atom is 0.253 e. The maximum atomic E-state index is 12.3. The highest BCUT2D eigenvalue weighted by Gasteiger charge is 2.40. The van der Waals surface area contributed by atoms with Gasteiger partial charge in [-0.3, -0.25) is 4.79 Å². The van der Waals surface area contributed by atoms with Gasteiger partial charge >= 0.3 is 0 Å². The molecular weight excluding hydrogens is 346 g/mol. The fourth-order valence-electron chi connectivity index (χ4n) is 4.03. The molecule has 0 spiro atoms. The Labute approximate surface area is 158 Å². The van der Waals surface area contributed by atoms with Gasteiger partial charge in [-0.15, -0.1) is 0 Å². The van der Waals surface area contributed by atoms with Gasteiger partial charge in [0.15, 0.2) is 5.82 Å². The number of pyridine rings is 1. The van der Waals surface area contributed by atoms with Gasteiger partial charge < -0.3 is 19.8 Å². The normalized spacial score (nSPS) is 24.4. The van der Waals surface area contributed by atoms with Crippen LogP contribution < -0.4 is 10.2 Å². The van der Waals surface area contributed by atoms with Crippen LogP contribution in [0.5, 0.6) is 0 Å². The molecule has 2 aromatic rings. The number of aliphatic hydroxyl groups is 1. The van der Waals surface area contributed by atoms with Crippen molar-refractivity contribution in [3.63, 3.8) is 0 Å². The standard InChI is InChI=1S/C19H25N5O3/c1-11(2)19-22-16(23-27-19)10-21-18(26)12-3-6-17(20-9-12)24-13-4-5-14(24)8-15(25)7-13/h3,6,9,11,13-15,25H,4-5,7-8,10H2,1-2H3,(H,21,26)/t13-,14+,15?. The first-order chi connectivity index (χ1) is 13.0. The molecule has 3 atom stereocenters. The van der Waals surface area contributed by atoms with E-state index in [-0.39, 0.29) is 24.5 Å². The summed E-state index contributed by atoms with van der Waals surface area (Å²) in [5, 5.41) is 16.6. The van der Waals surface area contributed by atoms with Crippen molar-refractivity contribution >= 4 is 11.7 Å². The lowest BCUT2D eigenvalue weighted by Crippen LogP contribution is -2.45. The van der Waals surface area contributed by atoms with E-state index in [9.17, 15) is 9.90 Å². The number of hydrogen-bond donors (Lipinski definition) is 2. The van der Waals surface area contributed by atoms with E-state index in [1.807, 2.05) is 19.9 Å². The number of aliphatic hydroxyl groups excluding tert-OH is 1. The lowest BCUT2D eigenvalue weighted by molar-refractivity contribution is 0.0949. The molecule has 2 fully saturated rings. The molecule has 4 heterocycles. The average Bonchev–Trinajstić information content (AvgIpc) is 3.23. The van der Waals surface area contributed by atoms with Crippen molar-refractivity contribution in [2.24, 2.45) is 0 Å². The summed E-state index contributed by atoms with van der Waals surface area (Å²) in [5.41, 5.74) is 0.496. The second kappa shape index (κ2) is 7.26. The molecule has 27 heavy (non-hydrogen) atoms. The predicted molar refractivity (Wildman–Crippen MR) is 98.3 cm³/mol. The van der Waals surface area contributed by atoms with Gasteiger partial charge in [0.1, 0.15) is 5.82 Å². The molecule has 8 nitrogen and oxygen atoms in total. The van der Waals surface area contributed by atoms with Gasteiger partial charge in [0.05, 0.1) is 18.2 Å². The first-order valence-electron chi connectivity index (χ1n) is 9.54. The summed E-state index contributed by atoms with van der Waals surface area (Å²) in [6, 6.07) is 4.37. The zero-order valence-corrected chi connectivity index (χ0v) is 15.6. The summed E-state index contributed by atoms with van der Waals surface area (Å²) in [7, 11) is 0. The molecule has 4 rings (SSSR count). The first kappa shape index (κ1) is 17.9. The Bertz CT molecular complexity index is 790. The van der Waals surface area contributed by atoms with Crippen molar-refractivity contribution in [2.45, 2.75) is 70.2 Å². The molecule has 0 radical (unpaired) electrons. The number of anilines is 1. The second-order valence-electron chi connectivity index (χ2n) is 7.71. The zero-order valence-electron chi connectivity index (χ0n) is 15.6. The lowest BCUT2D eigenvalue weighted by Gasteiger charge is -2.38. The maximum absolute atomic E-state index is 12.3. The molecule has 8 heteroatoms. The van der Waals surface area contributed by atoms with Crippen molar-refractivity contribution in [1.82, 2.24) is 20.4 Å². The van der Waals surface area contributed by atoms with Crippen LogP contribution in [-0.4, -0.2) is 44.3 Å². The predicted octanol–water partition coefficient (Wildman–Crippen LogP) is 2.01. The Morgan fingerprint density at radius 1 is 1.33 bits per heavy atom. The highest BCUT2D eigenvalue weighted by molar-refractivity contribution is 5.93. The van der Waals surface area contributed by atoms with Crippen molar-refractivity contribution in [3.8, 4) is 0 Å². The minimum absolute atomic E-state index is 0.157. The largest absolute Gasteiger partial charge is 0.393 e. The van der Waals surface area contributed by atoms with Gasteiger partial charge in [-0.25, -0.2) is 4.98 Å². The Morgan fingerprint density at radius 3 is 2.67 bits per heavy atom. The van der Waals surface area contributed by atoms with Crippen LogP contribution >= 0.6 is 0 Å². The van der Waals surface area contributed by atoms with Crippen molar-refractivity contribution in [2.75, 3.05) is 4.90 Å².